The summed E-state index contributed by atoms with van der Waals surface area (Å²) in [6.07, 6.45) is 1.54. The van der Waals surface area contributed by atoms with Gasteiger partial charge in [0, 0.05) is 18.1 Å². The molecule has 1 aromatic heterocycles. The van der Waals surface area contributed by atoms with Gasteiger partial charge in [0.25, 0.3) is 5.91 Å². The number of esters is 1. The second-order valence-corrected chi connectivity index (χ2v) is 7.77. The van der Waals surface area contributed by atoms with E-state index >= 15 is 0 Å². The number of para-hydroxylation sites is 1. The Hall–Kier alpha value is -3.41. The van der Waals surface area contributed by atoms with E-state index in [1.54, 1.807) is 39.1 Å². The lowest BCUT2D eigenvalue weighted by Gasteiger charge is -2.19. The standard InChI is InChI=1S/C23H24N2O4/c1-23(2,3)29-20(26)13-24-22(28)18-15-25(14-16-9-5-4-6-10-16)19-12-8-7-11-17(19)21(18)27/h4-12,15H,13-14H2,1-3H3,(H,24,28). The van der Waals surface area contributed by atoms with Gasteiger partial charge in [-0.1, -0.05) is 42.5 Å². The van der Waals surface area contributed by atoms with Crippen LogP contribution in [0.1, 0.15) is 36.7 Å². The molecule has 3 rings (SSSR count). The molecule has 0 saturated heterocycles. The van der Waals surface area contributed by atoms with E-state index in [1.807, 2.05) is 47.0 Å². The number of fused-ring (bicyclic) bond motifs is 1. The first-order valence-electron chi connectivity index (χ1n) is 9.41. The molecule has 3 aromatic rings. The van der Waals surface area contributed by atoms with Crippen LogP contribution in [0.3, 0.4) is 0 Å². The second kappa shape index (κ2) is 8.31. The topological polar surface area (TPSA) is 77.4 Å². The normalized spacial score (nSPS) is 11.3. The fourth-order valence-corrected chi connectivity index (χ4v) is 3.04. The lowest BCUT2D eigenvalue weighted by atomic mass is 10.1. The molecule has 29 heavy (non-hydrogen) atoms. The van der Waals surface area contributed by atoms with Crippen LogP contribution >= 0.6 is 0 Å². The van der Waals surface area contributed by atoms with Crippen LogP contribution in [0, 0.1) is 0 Å². The molecule has 150 valence electrons. The number of hydrogen-bond acceptors (Lipinski definition) is 4. The van der Waals surface area contributed by atoms with Gasteiger partial charge in [-0.25, -0.2) is 0 Å². The van der Waals surface area contributed by atoms with Crippen molar-refractivity contribution >= 4 is 22.8 Å². The summed E-state index contributed by atoms with van der Waals surface area (Å²) in [5.74, 6) is -1.16. The third kappa shape index (κ3) is 5.10. The molecule has 0 saturated carbocycles. The third-order valence-electron chi connectivity index (χ3n) is 4.24. The lowest BCUT2D eigenvalue weighted by Crippen LogP contribution is -2.36. The Labute approximate surface area is 169 Å². The number of amides is 1. The molecule has 0 aliphatic heterocycles. The van der Waals surface area contributed by atoms with E-state index in [4.69, 9.17) is 4.74 Å². The van der Waals surface area contributed by atoms with Crippen molar-refractivity contribution < 1.29 is 14.3 Å². The number of pyridine rings is 1. The molecule has 0 fully saturated rings. The average Bonchev–Trinajstić information content (AvgIpc) is 2.68. The maximum absolute atomic E-state index is 12.9. The molecule has 0 spiro atoms. The Kier molecular flexibility index (Phi) is 5.82. The van der Waals surface area contributed by atoms with Crippen molar-refractivity contribution in [1.82, 2.24) is 9.88 Å². The number of nitrogens with one attached hydrogen (secondary N) is 1. The van der Waals surface area contributed by atoms with Crippen molar-refractivity contribution in [1.29, 1.82) is 0 Å². The zero-order valence-electron chi connectivity index (χ0n) is 16.8. The van der Waals surface area contributed by atoms with Crippen LogP contribution in [0.4, 0.5) is 0 Å². The summed E-state index contributed by atoms with van der Waals surface area (Å²) in [5.41, 5.74) is 0.758. The predicted molar refractivity (Wildman–Crippen MR) is 112 cm³/mol. The van der Waals surface area contributed by atoms with Gasteiger partial charge in [0.05, 0.1) is 5.52 Å². The van der Waals surface area contributed by atoms with E-state index in [0.717, 1.165) is 11.1 Å². The number of hydrogen-bond donors (Lipinski definition) is 1. The van der Waals surface area contributed by atoms with Gasteiger partial charge in [-0.15, -0.1) is 0 Å². The Morgan fingerprint density at radius 1 is 1.00 bits per heavy atom. The smallest absolute Gasteiger partial charge is 0.325 e. The summed E-state index contributed by atoms with van der Waals surface area (Å²) in [6.45, 7) is 5.45. The van der Waals surface area contributed by atoms with Crippen LogP contribution < -0.4 is 10.7 Å². The molecule has 0 bridgehead atoms. The van der Waals surface area contributed by atoms with E-state index < -0.39 is 17.5 Å². The van der Waals surface area contributed by atoms with Crippen molar-refractivity contribution in [2.45, 2.75) is 32.9 Å². The van der Waals surface area contributed by atoms with Crippen molar-refractivity contribution in [3.05, 3.63) is 82.1 Å². The number of rotatable bonds is 5. The molecule has 0 unspecified atom stereocenters. The van der Waals surface area contributed by atoms with Crippen LogP contribution in [0.5, 0.6) is 0 Å². The monoisotopic (exact) mass is 392 g/mol. The first-order valence-corrected chi connectivity index (χ1v) is 9.41. The first kappa shape index (κ1) is 20.3. The fraction of sp³-hybridized carbons (Fsp3) is 0.261. The molecule has 0 aliphatic carbocycles. The first-order chi connectivity index (χ1) is 13.7. The van der Waals surface area contributed by atoms with E-state index in [2.05, 4.69) is 5.32 Å². The summed E-state index contributed by atoms with van der Waals surface area (Å²) in [5, 5.41) is 2.94. The molecular weight excluding hydrogens is 368 g/mol. The van der Waals surface area contributed by atoms with Gasteiger partial charge >= 0.3 is 5.97 Å². The largest absolute Gasteiger partial charge is 0.459 e. The molecule has 6 heteroatoms. The summed E-state index contributed by atoms with van der Waals surface area (Å²) < 4.78 is 7.06. The van der Waals surface area contributed by atoms with Gasteiger partial charge in [0.2, 0.25) is 5.43 Å². The SMILES string of the molecule is CC(C)(C)OC(=O)CNC(=O)c1cn(Cc2ccccc2)c2ccccc2c1=O. The van der Waals surface area contributed by atoms with Gasteiger partial charge in [0.1, 0.15) is 17.7 Å². The Morgan fingerprint density at radius 3 is 2.34 bits per heavy atom. The fourth-order valence-electron chi connectivity index (χ4n) is 3.04. The minimum absolute atomic E-state index is 0.0109. The number of aromatic nitrogens is 1. The number of carbonyl (C=O) groups excluding carboxylic acids is 2. The number of nitrogens with zero attached hydrogens (tertiary/aromatic N) is 1. The van der Waals surface area contributed by atoms with E-state index in [1.165, 1.54) is 0 Å². The molecular formula is C23H24N2O4. The van der Waals surface area contributed by atoms with E-state index in [0.29, 0.717) is 11.9 Å². The molecule has 1 N–H and O–H groups in total. The number of benzene rings is 2. The van der Waals surface area contributed by atoms with Gasteiger partial charge in [-0.2, -0.15) is 0 Å². The maximum atomic E-state index is 12.9. The molecule has 1 amide bonds. The highest BCUT2D eigenvalue weighted by Crippen LogP contribution is 2.14. The summed E-state index contributed by atoms with van der Waals surface area (Å²) in [4.78, 5) is 37.4. The Bertz CT molecular complexity index is 1100. The van der Waals surface area contributed by atoms with Gasteiger partial charge in [-0.3, -0.25) is 14.4 Å². The summed E-state index contributed by atoms with van der Waals surface area (Å²) >= 11 is 0. The summed E-state index contributed by atoms with van der Waals surface area (Å²) in [7, 11) is 0. The van der Waals surface area contributed by atoms with Crippen LogP contribution in [0.25, 0.3) is 10.9 Å². The zero-order valence-corrected chi connectivity index (χ0v) is 16.8. The van der Waals surface area contributed by atoms with Gasteiger partial charge in [-0.05, 0) is 38.5 Å². The van der Waals surface area contributed by atoms with Crippen LogP contribution in [-0.4, -0.2) is 28.6 Å². The minimum Gasteiger partial charge on any atom is -0.459 e. The average molecular weight is 392 g/mol. The highest BCUT2D eigenvalue weighted by atomic mass is 16.6. The Morgan fingerprint density at radius 2 is 1.66 bits per heavy atom. The summed E-state index contributed by atoms with van der Waals surface area (Å²) in [6, 6.07) is 16.9. The molecule has 6 nitrogen and oxygen atoms in total. The van der Waals surface area contributed by atoms with Gasteiger partial charge < -0.3 is 14.6 Å². The molecule has 2 aromatic carbocycles. The van der Waals surface area contributed by atoms with Gasteiger partial charge in [0.15, 0.2) is 0 Å². The quantitative estimate of drug-likeness (QED) is 0.677. The van der Waals surface area contributed by atoms with Crippen LogP contribution in [0.15, 0.2) is 65.6 Å². The van der Waals surface area contributed by atoms with Crippen molar-refractivity contribution in [2.24, 2.45) is 0 Å². The molecule has 0 atom stereocenters. The van der Waals surface area contributed by atoms with E-state index in [-0.39, 0.29) is 17.5 Å². The van der Waals surface area contributed by atoms with E-state index in [9.17, 15) is 14.4 Å². The zero-order chi connectivity index (χ0) is 21.0. The molecule has 1 heterocycles. The number of carbonyl (C=O) groups is 2. The third-order valence-corrected chi connectivity index (χ3v) is 4.24. The van der Waals surface area contributed by atoms with Crippen molar-refractivity contribution in [3.63, 3.8) is 0 Å². The predicted octanol–water partition coefficient (Wildman–Crippen LogP) is 3.12. The molecule has 0 aliphatic rings. The van der Waals surface area contributed by atoms with Crippen LogP contribution in [0.2, 0.25) is 0 Å². The van der Waals surface area contributed by atoms with Crippen molar-refractivity contribution in [3.8, 4) is 0 Å². The van der Waals surface area contributed by atoms with Crippen molar-refractivity contribution in [2.75, 3.05) is 6.54 Å². The molecule has 0 radical (unpaired) electrons. The second-order valence-electron chi connectivity index (χ2n) is 7.77. The Balaban J connectivity index is 1.91. The highest BCUT2D eigenvalue weighted by Gasteiger charge is 2.19. The maximum Gasteiger partial charge on any atom is 0.325 e. The number of ether oxygens (including phenoxy) is 1. The highest BCUT2D eigenvalue weighted by molar-refractivity contribution is 5.98. The van der Waals surface area contributed by atoms with Crippen LogP contribution in [-0.2, 0) is 16.1 Å². The minimum atomic E-state index is -0.646. The lowest BCUT2D eigenvalue weighted by molar-refractivity contribution is -0.153.